The Bertz CT molecular complexity index is 220. The van der Waals surface area contributed by atoms with Crippen molar-refractivity contribution in [3.63, 3.8) is 0 Å². The van der Waals surface area contributed by atoms with Gasteiger partial charge >= 0.3 is 0 Å². The first-order valence-corrected chi connectivity index (χ1v) is 4.35. The van der Waals surface area contributed by atoms with Crippen molar-refractivity contribution in [2.24, 2.45) is 5.73 Å². The third kappa shape index (κ3) is 2.27. The fraction of sp³-hybridized carbons (Fsp3) is 0.375. The van der Waals surface area contributed by atoms with Crippen molar-refractivity contribution in [2.45, 2.75) is 12.8 Å². The highest BCUT2D eigenvalue weighted by molar-refractivity contribution is 9.10. The molecule has 1 aromatic rings. The van der Waals surface area contributed by atoms with E-state index in [2.05, 4.69) is 27.8 Å². The maximum atomic E-state index is 5.49. The van der Waals surface area contributed by atoms with E-state index in [1.54, 1.807) is 6.20 Å². The molecule has 60 valence electrons. The van der Waals surface area contributed by atoms with Crippen molar-refractivity contribution >= 4 is 15.9 Å². The largest absolute Gasteiger partial charge is 0.330 e. The van der Waals surface area contributed by atoms with Gasteiger partial charge in [-0.25, -0.2) is 0 Å². The zero-order chi connectivity index (χ0) is 8.27. The minimum Gasteiger partial charge on any atom is -0.330 e. The first-order valence-electron chi connectivity index (χ1n) is 3.55. The first-order chi connectivity index (χ1) is 5.24. The fourth-order valence-corrected chi connectivity index (χ4v) is 1.03. The molecule has 2 nitrogen and oxygen atoms in total. The van der Waals surface area contributed by atoms with Crippen LogP contribution in [0.3, 0.4) is 0 Å². The Morgan fingerprint density at radius 2 is 2.36 bits per heavy atom. The molecular formula is C8H11BrN2. The SMILES string of the molecule is CC(CN)c1ccc(Br)cn1. The summed E-state index contributed by atoms with van der Waals surface area (Å²) in [5.74, 6) is 0.350. The van der Waals surface area contributed by atoms with Crippen LogP contribution in [0.2, 0.25) is 0 Å². The molecule has 0 aliphatic carbocycles. The summed E-state index contributed by atoms with van der Waals surface area (Å²) in [7, 11) is 0. The monoisotopic (exact) mass is 214 g/mol. The minimum absolute atomic E-state index is 0.350. The highest BCUT2D eigenvalue weighted by atomic mass is 79.9. The van der Waals surface area contributed by atoms with Gasteiger partial charge in [0.05, 0.1) is 0 Å². The summed E-state index contributed by atoms with van der Waals surface area (Å²) < 4.78 is 1.01. The number of rotatable bonds is 2. The molecule has 0 bridgehead atoms. The summed E-state index contributed by atoms with van der Waals surface area (Å²) in [5.41, 5.74) is 6.54. The molecule has 0 aliphatic heterocycles. The van der Waals surface area contributed by atoms with E-state index in [1.807, 2.05) is 12.1 Å². The smallest absolute Gasteiger partial charge is 0.0445 e. The van der Waals surface area contributed by atoms with Crippen molar-refractivity contribution in [3.8, 4) is 0 Å². The molecule has 2 N–H and O–H groups in total. The lowest BCUT2D eigenvalue weighted by molar-refractivity contribution is 0.745. The summed E-state index contributed by atoms with van der Waals surface area (Å²) in [6, 6.07) is 3.97. The molecule has 0 amide bonds. The number of halogens is 1. The van der Waals surface area contributed by atoms with Crippen molar-refractivity contribution in [2.75, 3.05) is 6.54 Å². The van der Waals surface area contributed by atoms with Gasteiger partial charge < -0.3 is 5.73 Å². The zero-order valence-electron chi connectivity index (χ0n) is 6.42. The molecule has 1 atom stereocenters. The molecule has 0 radical (unpaired) electrons. The van der Waals surface area contributed by atoms with Crippen LogP contribution in [0.1, 0.15) is 18.5 Å². The Labute approximate surface area is 75.0 Å². The van der Waals surface area contributed by atoms with Crippen molar-refractivity contribution in [3.05, 3.63) is 28.5 Å². The second-order valence-electron chi connectivity index (χ2n) is 2.54. The van der Waals surface area contributed by atoms with Gasteiger partial charge in [-0.15, -0.1) is 0 Å². The molecule has 1 unspecified atom stereocenters. The molecular weight excluding hydrogens is 204 g/mol. The molecule has 0 saturated carbocycles. The van der Waals surface area contributed by atoms with Crippen molar-refractivity contribution < 1.29 is 0 Å². The Balaban J connectivity index is 2.81. The lowest BCUT2D eigenvalue weighted by Gasteiger charge is -2.06. The van der Waals surface area contributed by atoms with Gasteiger partial charge in [0.2, 0.25) is 0 Å². The average molecular weight is 215 g/mol. The van der Waals surface area contributed by atoms with Gasteiger partial charge in [-0.05, 0) is 28.1 Å². The molecule has 0 saturated heterocycles. The molecule has 0 aliphatic rings. The highest BCUT2D eigenvalue weighted by Crippen LogP contribution is 2.13. The van der Waals surface area contributed by atoms with Crippen molar-refractivity contribution in [1.82, 2.24) is 4.98 Å². The standard InChI is InChI=1S/C8H11BrN2/c1-6(4-10)8-3-2-7(9)5-11-8/h2-3,5-6H,4,10H2,1H3. The van der Waals surface area contributed by atoms with Crippen LogP contribution in [0, 0.1) is 0 Å². The maximum absolute atomic E-state index is 5.49. The summed E-state index contributed by atoms with van der Waals surface area (Å²) in [4.78, 5) is 4.22. The molecule has 11 heavy (non-hydrogen) atoms. The normalized spacial score (nSPS) is 13.0. The van der Waals surface area contributed by atoms with Crippen LogP contribution in [-0.2, 0) is 0 Å². The number of pyridine rings is 1. The number of nitrogens with zero attached hydrogens (tertiary/aromatic N) is 1. The van der Waals surface area contributed by atoms with Crippen LogP contribution in [0.5, 0.6) is 0 Å². The second-order valence-corrected chi connectivity index (χ2v) is 3.45. The Kier molecular flexibility index (Phi) is 3.02. The van der Waals surface area contributed by atoms with Gasteiger partial charge in [0.15, 0.2) is 0 Å². The Hall–Kier alpha value is -0.410. The maximum Gasteiger partial charge on any atom is 0.0445 e. The zero-order valence-corrected chi connectivity index (χ0v) is 8.01. The Morgan fingerprint density at radius 1 is 1.64 bits per heavy atom. The van der Waals surface area contributed by atoms with Crippen LogP contribution >= 0.6 is 15.9 Å². The van der Waals surface area contributed by atoms with E-state index >= 15 is 0 Å². The van der Waals surface area contributed by atoms with E-state index in [0.29, 0.717) is 12.5 Å². The van der Waals surface area contributed by atoms with E-state index in [1.165, 1.54) is 0 Å². The Morgan fingerprint density at radius 3 is 2.82 bits per heavy atom. The molecule has 1 rings (SSSR count). The van der Waals surface area contributed by atoms with Gasteiger partial charge in [0.25, 0.3) is 0 Å². The third-order valence-corrected chi connectivity index (χ3v) is 2.08. The number of aromatic nitrogens is 1. The van der Waals surface area contributed by atoms with E-state index < -0.39 is 0 Å². The van der Waals surface area contributed by atoms with Crippen molar-refractivity contribution in [1.29, 1.82) is 0 Å². The lowest BCUT2D eigenvalue weighted by atomic mass is 10.1. The second kappa shape index (κ2) is 3.83. The molecule has 0 spiro atoms. The van der Waals surface area contributed by atoms with Gasteiger partial charge in [-0.2, -0.15) is 0 Å². The fourth-order valence-electron chi connectivity index (χ4n) is 0.800. The van der Waals surface area contributed by atoms with Gasteiger partial charge in [-0.1, -0.05) is 6.92 Å². The number of nitrogens with two attached hydrogens (primary N) is 1. The number of hydrogen-bond donors (Lipinski definition) is 1. The van der Waals surface area contributed by atoms with E-state index in [4.69, 9.17) is 5.73 Å². The quantitative estimate of drug-likeness (QED) is 0.818. The molecule has 3 heteroatoms. The molecule has 0 aromatic carbocycles. The third-order valence-electron chi connectivity index (χ3n) is 1.61. The molecule has 1 heterocycles. The van der Waals surface area contributed by atoms with Crippen LogP contribution in [0.25, 0.3) is 0 Å². The van der Waals surface area contributed by atoms with E-state index in [-0.39, 0.29) is 0 Å². The highest BCUT2D eigenvalue weighted by Gasteiger charge is 2.02. The van der Waals surface area contributed by atoms with E-state index in [9.17, 15) is 0 Å². The van der Waals surface area contributed by atoms with Crippen LogP contribution in [-0.4, -0.2) is 11.5 Å². The molecule has 1 aromatic heterocycles. The summed E-state index contributed by atoms with van der Waals surface area (Å²) in [6.07, 6.45) is 1.79. The number of hydrogen-bond acceptors (Lipinski definition) is 2. The van der Waals surface area contributed by atoms with Crippen LogP contribution < -0.4 is 5.73 Å². The van der Waals surface area contributed by atoms with E-state index in [0.717, 1.165) is 10.2 Å². The summed E-state index contributed by atoms with van der Waals surface area (Å²) >= 11 is 3.32. The summed E-state index contributed by atoms with van der Waals surface area (Å²) in [6.45, 7) is 2.71. The first kappa shape index (κ1) is 8.68. The van der Waals surface area contributed by atoms with Crippen LogP contribution in [0.4, 0.5) is 0 Å². The predicted octanol–water partition coefficient (Wildman–Crippen LogP) is 1.91. The topological polar surface area (TPSA) is 38.9 Å². The lowest BCUT2D eigenvalue weighted by Crippen LogP contribution is -2.09. The van der Waals surface area contributed by atoms with Gasteiger partial charge in [0.1, 0.15) is 0 Å². The van der Waals surface area contributed by atoms with Gasteiger partial charge in [-0.3, -0.25) is 4.98 Å². The van der Waals surface area contributed by atoms with Crippen LogP contribution in [0.15, 0.2) is 22.8 Å². The van der Waals surface area contributed by atoms with Gasteiger partial charge in [0, 0.05) is 28.8 Å². The summed E-state index contributed by atoms with van der Waals surface area (Å²) in [5, 5.41) is 0. The average Bonchev–Trinajstić information content (AvgIpc) is 2.05. The minimum atomic E-state index is 0.350. The predicted molar refractivity (Wildman–Crippen MR) is 49.4 cm³/mol. The molecule has 0 fully saturated rings.